The van der Waals surface area contributed by atoms with E-state index in [1.165, 1.54) is 5.56 Å². The first-order chi connectivity index (χ1) is 8.68. The van der Waals surface area contributed by atoms with Gasteiger partial charge in [0, 0.05) is 12.0 Å². The zero-order chi connectivity index (χ0) is 13.0. The summed E-state index contributed by atoms with van der Waals surface area (Å²) in [6.07, 6.45) is 1.25. The number of halogens is 1. The van der Waals surface area contributed by atoms with Gasteiger partial charge in [0.25, 0.3) is 0 Å². The van der Waals surface area contributed by atoms with Crippen molar-refractivity contribution in [3.8, 4) is 0 Å². The van der Waals surface area contributed by atoms with Gasteiger partial charge in [-0.15, -0.1) is 0 Å². The number of benzene rings is 2. The van der Waals surface area contributed by atoms with Crippen LogP contribution < -0.4 is 0 Å². The first kappa shape index (κ1) is 12.8. The molecule has 0 fully saturated rings. The standard InChI is InChI=1S/C16H15ClO/c1-12-6-5-9-14(17)16(12)15(18)11-10-13-7-3-2-4-8-13/h2-9H,10-11H2,1H3. The second kappa shape index (κ2) is 5.83. The first-order valence-corrected chi connectivity index (χ1v) is 6.38. The molecule has 18 heavy (non-hydrogen) atoms. The molecule has 2 aromatic rings. The SMILES string of the molecule is Cc1cccc(Cl)c1C(=O)CCc1ccccc1. The molecule has 0 N–H and O–H groups in total. The highest BCUT2D eigenvalue weighted by atomic mass is 35.5. The fourth-order valence-electron chi connectivity index (χ4n) is 2.01. The van der Waals surface area contributed by atoms with Gasteiger partial charge in [-0.3, -0.25) is 4.79 Å². The van der Waals surface area contributed by atoms with E-state index in [-0.39, 0.29) is 5.78 Å². The lowest BCUT2D eigenvalue weighted by atomic mass is 9.99. The highest BCUT2D eigenvalue weighted by Crippen LogP contribution is 2.21. The lowest BCUT2D eigenvalue weighted by Gasteiger charge is -2.07. The molecular weight excluding hydrogens is 244 g/mol. The maximum absolute atomic E-state index is 12.2. The first-order valence-electron chi connectivity index (χ1n) is 6.00. The van der Waals surface area contributed by atoms with Gasteiger partial charge in [-0.25, -0.2) is 0 Å². The maximum Gasteiger partial charge on any atom is 0.164 e. The van der Waals surface area contributed by atoms with Crippen molar-refractivity contribution >= 4 is 17.4 Å². The summed E-state index contributed by atoms with van der Waals surface area (Å²) in [5, 5.41) is 0.549. The van der Waals surface area contributed by atoms with E-state index in [0.29, 0.717) is 17.0 Å². The molecule has 0 aliphatic carbocycles. The molecule has 0 bridgehead atoms. The molecule has 0 atom stereocenters. The second-order valence-corrected chi connectivity index (χ2v) is 4.75. The van der Waals surface area contributed by atoms with E-state index in [9.17, 15) is 4.79 Å². The molecule has 0 radical (unpaired) electrons. The summed E-state index contributed by atoms with van der Waals surface area (Å²) in [7, 11) is 0. The van der Waals surface area contributed by atoms with Gasteiger partial charge in [-0.05, 0) is 30.5 Å². The van der Waals surface area contributed by atoms with E-state index in [4.69, 9.17) is 11.6 Å². The van der Waals surface area contributed by atoms with Crippen molar-refractivity contribution in [2.75, 3.05) is 0 Å². The number of aryl methyl sites for hydroxylation is 2. The minimum absolute atomic E-state index is 0.113. The Balaban J connectivity index is 2.09. The van der Waals surface area contributed by atoms with E-state index >= 15 is 0 Å². The van der Waals surface area contributed by atoms with Crippen LogP contribution in [0.1, 0.15) is 27.9 Å². The summed E-state index contributed by atoms with van der Waals surface area (Å²) in [4.78, 5) is 12.2. The Morgan fingerprint density at radius 2 is 1.78 bits per heavy atom. The van der Waals surface area contributed by atoms with Crippen LogP contribution in [-0.2, 0) is 6.42 Å². The highest BCUT2D eigenvalue weighted by Gasteiger charge is 2.12. The largest absolute Gasteiger partial charge is 0.294 e. The number of carbonyl (C=O) groups excluding carboxylic acids is 1. The fourth-order valence-corrected chi connectivity index (χ4v) is 2.34. The Morgan fingerprint density at radius 1 is 1.06 bits per heavy atom. The molecule has 92 valence electrons. The van der Waals surface area contributed by atoms with Gasteiger partial charge in [-0.1, -0.05) is 54.1 Å². The molecule has 0 saturated carbocycles. The molecule has 0 aliphatic rings. The van der Waals surface area contributed by atoms with Gasteiger partial charge >= 0.3 is 0 Å². The normalized spacial score (nSPS) is 10.3. The van der Waals surface area contributed by atoms with Crippen LogP contribution in [0.4, 0.5) is 0 Å². The number of carbonyl (C=O) groups is 1. The predicted molar refractivity (Wildman–Crippen MR) is 75.3 cm³/mol. The Bertz CT molecular complexity index is 526. The molecule has 0 unspecified atom stereocenters. The van der Waals surface area contributed by atoms with Crippen LogP contribution in [0.3, 0.4) is 0 Å². The third-order valence-electron chi connectivity index (χ3n) is 2.98. The van der Waals surface area contributed by atoms with Gasteiger partial charge in [-0.2, -0.15) is 0 Å². The van der Waals surface area contributed by atoms with Gasteiger partial charge in [0.1, 0.15) is 0 Å². The van der Waals surface area contributed by atoms with Crippen LogP contribution in [0.5, 0.6) is 0 Å². The minimum atomic E-state index is 0.113. The Kier molecular flexibility index (Phi) is 4.16. The highest BCUT2D eigenvalue weighted by molar-refractivity contribution is 6.34. The average Bonchev–Trinajstić information content (AvgIpc) is 2.37. The number of rotatable bonds is 4. The average molecular weight is 259 g/mol. The summed E-state index contributed by atoms with van der Waals surface area (Å²) in [6, 6.07) is 15.6. The minimum Gasteiger partial charge on any atom is -0.294 e. The van der Waals surface area contributed by atoms with Gasteiger partial charge < -0.3 is 0 Å². The van der Waals surface area contributed by atoms with Gasteiger partial charge in [0.2, 0.25) is 0 Å². The van der Waals surface area contributed by atoms with E-state index in [0.717, 1.165) is 12.0 Å². The fraction of sp³-hybridized carbons (Fsp3) is 0.188. The molecule has 2 aromatic carbocycles. The van der Waals surface area contributed by atoms with E-state index in [2.05, 4.69) is 0 Å². The summed E-state index contributed by atoms with van der Waals surface area (Å²) in [5.74, 6) is 0.113. The monoisotopic (exact) mass is 258 g/mol. The van der Waals surface area contributed by atoms with Crippen molar-refractivity contribution < 1.29 is 4.79 Å². The molecule has 0 amide bonds. The molecule has 2 rings (SSSR count). The lowest BCUT2D eigenvalue weighted by Crippen LogP contribution is -2.04. The van der Waals surface area contributed by atoms with Gasteiger partial charge in [0.15, 0.2) is 5.78 Å². The van der Waals surface area contributed by atoms with Crippen molar-refractivity contribution in [3.63, 3.8) is 0 Å². The summed E-state index contributed by atoms with van der Waals surface area (Å²) in [5.41, 5.74) is 2.78. The number of ketones is 1. The van der Waals surface area contributed by atoms with Gasteiger partial charge in [0.05, 0.1) is 5.02 Å². The zero-order valence-electron chi connectivity index (χ0n) is 10.3. The third kappa shape index (κ3) is 2.99. The van der Waals surface area contributed by atoms with E-state index < -0.39 is 0 Å². The van der Waals surface area contributed by atoms with Crippen LogP contribution in [-0.4, -0.2) is 5.78 Å². The van der Waals surface area contributed by atoms with Crippen LogP contribution >= 0.6 is 11.6 Å². The Hall–Kier alpha value is -1.60. The van der Waals surface area contributed by atoms with Crippen molar-refractivity contribution in [1.29, 1.82) is 0 Å². The van der Waals surface area contributed by atoms with Crippen molar-refractivity contribution in [2.24, 2.45) is 0 Å². The van der Waals surface area contributed by atoms with Crippen LogP contribution in [0.15, 0.2) is 48.5 Å². The van der Waals surface area contributed by atoms with E-state index in [1.54, 1.807) is 6.07 Å². The molecule has 2 heteroatoms. The van der Waals surface area contributed by atoms with Crippen molar-refractivity contribution in [3.05, 3.63) is 70.2 Å². The summed E-state index contributed by atoms with van der Waals surface area (Å²) < 4.78 is 0. The van der Waals surface area contributed by atoms with Crippen LogP contribution in [0, 0.1) is 6.92 Å². The summed E-state index contributed by atoms with van der Waals surface area (Å²) in [6.45, 7) is 1.92. The van der Waals surface area contributed by atoms with Crippen LogP contribution in [0.2, 0.25) is 5.02 Å². The molecule has 0 heterocycles. The quantitative estimate of drug-likeness (QED) is 0.740. The van der Waals surface area contributed by atoms with Crippen molar-refractivity contribution in [1.82, 2.24) is 0 Å². The number of Topliss-reactive ketones (excluding diaryl/α,β-unsaturated/α-hetero) is 1. The molecule has 0 saturated heterocycles. The molecule has 0 aliphatic heterocycles. The van der Waals surface area contributed by atoms with Crippen LogP contribution in [0.25, 0.3) is 0 Å². The zero-order valence-corrected chi connectivity index (χ0v) is 11.1. The second-order valence-electron chi connectivity index (χ2n) is 4.34. The lowest BCUT2D eigenvalue weighted by molar-refractivity contribution is 0.0982. The Morgan fingerprint density at radius 3 is 2.44 bits per heavy atom. The molecule has 0 spiro atoms. The number of hydrogen-bond acceptors (Lipinski definition) is 1. The topological polar surface area (TPSA) is 17.1 Å². The molecule has 1 nitrogen and oxygen atoms in total. The molecular formula is C16H15ClO. The number of hydrogen-bond donors (Lipinski definition) is 0. The third-order valence-corrected chi connectivity index (χ3v) is 3.30. The van der Waals surface area contributed by atoms with E-state index in [1.807, 2.05) is 49.4 Å². The summed E-state index contributed by atoms with van der Waals surface area (Å²) >= 11 is 6.09. The maximum atomic E-state index is 12.2. The molecule has 0 aromatic heterocycles. The van der Waals surface area contributed by atoms with Crippen molar-refractivity contribution in [2.45, 2.75) is 19.8 Å². The smallest absolute Gasteiger partial charge is 0.164 e. The Labute approximate surface area is 112 Å². The predicted octanol–water partition coefficient (Wildman–Crippen LogP) is 4.46.